The van der Waals surface area contributed by atoms with Crippen LogP contribution in [0.15, 0.2) is 146 Å². The molecular weight excluding hydrogens is 961 g/mol. The zero-order valence-corrected chi connectivity index (χ0v) is 50.4. The highest BCUT2D eigenvalue weighted by molar-refractivity contribution is 5.71. The number of carbonyl (C=O) groups excluding carboxylic acids is 3. The zero-order chi connectivity index (χ0) is 56.4. The van der Waals surface area contributed by atoms with E-state index in [1.807, 2.05) is 0 Å². The van der Waals surface area contributed by atoms with Crippen LogP contribution in [0.25, 0.3) is 0 Å². The maximum absolute atomic E-state index is 12.9. The second-order valence-electron chi connectivity index (χ2n) is 20.6. The van der Waals surface area contributed by atoms with Crippen LogP contribution in [-0.2, 0) is 28.6 Å². The molecule has 78 heavy (non-hydrogen) atoms. The van der Waals surface area contributed by atoms with Gasteiger partial charge in [-0.25, -0.2) is 0 Å². The number of ether oxygens (including phenoxy) is 3. The van der Waals surface area contributed by atoms with Crippen LogP contribution in [-0.4, -0.2) is 37.2 Å². The molecule has 1 unspecified atom stereocenters. The van der Waals surface area contributed by atoms with E-state index in [0.29, 0.717) is 25.7 Å². The molecule has 0 aliphatic carbocycles. The van der Waals surface area contributed by atoms with Crippen molar-refractivity contribution in [3.8, 4) is 0 Å². The van der Waals surface area contributed by atoms with Gasteiger partial charge in [0.25, 0.3) is 0 Å². The van der Waals surface area contributed by atoms with Gasteiger partial charge < -0.3 is 14.2 Å². The van der Waals surface area contributed by atoms with Crippen LogP contribution in [0.2, 0.25) is 0 Å². The summed E-state index contributed by atoms with van der Waals surface area (Å²) in [5.74, 6) is -0.949. The van der Waals surface area contributed by atoms with Crippen molar-refractivity contribution in [2.45, 2.75) is 277 Å². The van der Waals surface area contributed by atoms with Gasteiger partial charge in [-0.2, -0.15) is 0 Å². The molecular formula is C72H116O6. The van der Waals surface area contributed by atoms with Crippen molar-refractivity contribution < 1.29 is 28.6 Å². The minimum absolute atomic E-state index is 0.0965. The summed E-state index contributed by atoms with van der Waals surface area (Å²) in [5.41, 5.74) is 0. The lowest BCUT2D eigenvalue weighted by atomic mass is 10.0. The number of rotatable bonds is 56. The third-order valence-corrected chi connectivity index (χ3v) is 13.1. The molecule has 6 heteroatoms. The summed E-state index contributed by atoms with van der Waals surface area (Å²) in [6.45, 7) is 6.36. The molecule has 6 nitrogen and oxygen atoms in total. The SMILES string of the molecule is CC/C=C\C/C=C\C/C=C\C/C=C\C/C=C\C/C=C\C/C=C\C/C=C\CCCCC(=O)OCC(COC(=O)CCCCCCCCCCCC)OC(=O)CCCCCCCCCCCC/C=C\C/C=C\C/C=C\C/C=C\CC. The number of esters is 3. The van der Waals surface area contributed by atoms with Crippen molar-refractivity contribution in [1.82, 2.24) is 0 Å². The van der Waals surface area contributed by atoms with Gasteiger partial charge in [0.2, 0.25) is 0 Å². The van der Waals surface area contributed by atoms with E-state index in [2.05, 4.69) is 167 Å². The monoisotopic (exact) mass is 1080 g/mol. The molecule has 0 aliphatic heterocycles. The van der Waals surface area contributed by atoms with E-state index in [9.17, 15) is 14.4 Å². The van der Waals surface area contributed by atoms with E-state index in [1.54, 1.807) is 0 Å². The molecule has 0 rings (SSSR count). The minimum Gasteiger partial charge on any atom is -0.462 e. The first kappa shape index (κ1) is 73.3. The van der Waals surface area contributed by atoms with Gasteiger partial charge in [-0.15, -0.1) is 0 Å². The average Bonchev–Trinajstić information content (AvgIpc) is 3.44. The number of hydrogen-bond donors (Lipinski definition) is 0. The van der Waals surface area contributed by atoms with E-state index >= 15 is 0 Å². The van der Waals surface area contributed by atoms with Gasteiger partial charge >= 0.3 is 17.9 Å². The maximum Gasteiger partial charge on any atom is 0.306 e. The van der Waals surface area contributed by atoms with Crippen molar-refractivity contribution in [2.75, 3.05) is 13.2 Å². The van der Waals surface area contributed by atoms with Gasteiger partial charge in [0.1, 0.15) is 13.2 Å². The molecule has 0 saturated carbocycles. The first-order valence-electron chi connectivity index (χ1n) is 31.8. The number of allylic oxidation sites excluding steroid dienone is 24. The Morgan fingerprint density at radius 3 is 0.808 bits per heavy atom. The molecule has 0 radical (unpaired) electrons. The third kappa shape index (κ3) is 62.1. The molecule has 0 spiro atoms. The fraction of sp³-hybridized carbons (Fsp3) is 0.625. The Morgan fingerprint density at radius 1 is 0.269 bits per heavy atom. The highest BCUT2D eigenvalue weighted by Crippen LogP contribution is 2.15. The van der Waals surface area contributed by atoms with E-state index in [-0.39, 0.29) is 31.1 Å². The predicted octanol–water partition coefficient (Wildman–Crippen LogP) is 21.9. The highest BCUT2D eigenvalue weighted by Gasteiger charge is 2.19. The molecule has 0 aliphatic rings. The second-order valence-corrected chi connectivity index (χ2v) is 20.6. The Morgan fingerprint density at radius 2 is 0.500 bits per heavy atom. The lowest BCUT2D eigenvalue weighted by Crippen LogP contribution is -2.30. The van der Waals surface area contributed by atoms with E-state index in [1.165, 1.54) is 96.3 Å². The summed E-state index contributed by atoms with van der Waals surface area (Å²) >= 11 is 0. The molecule has 0 bridgehead atoms. The summed E-state index contributed by atoms with van der Waals surface area (Å²) in [4.78, 5) is 38.2. The first-order valence-corrected chi connectivity index (χ1v) is 31.8. The number of unbranched alkanes of at least 4 members (excludes halogenated alkanes) is 21. The Balaban J connectivity index is 4.38. The standard InChI is InChI=1S/C72H116O6/c1-4-7-10-13-16-19-22-24-26-28-30-32-34-35-36-37-39-40-42-44-46-48-50-53-56-59-62-65-71(74)77-68-69(67-76-70(73)64-61-58-55-52-21-18-15-12-9-6-3)78-72(75)66-63-60-57-54-51-49-47-45-43-41-38-33-31-29-27-25-23-20-17-14-11-8-5-2/h7-8,10-11,16-17,19-20,24-27,30-33,35-36,39-40,44,46,50,53,69H,4-6,9,12-15,18,21-23,28-29,34,37-38,41-43,45,47-49,51-52,54-68H2,1-3H3/b10-7-,11-8-,19-16-,20-17-,26-24-,27-25-,32-30-,33-31-,36-35-,40-39-,46-44-,53-50-. The molecule has 440 valence electrons. The smallest absolute Gasteiger partial charge is 0.306 e. The average molecular weight is 1080 g/mol. The summed E-state index contributed by atoms with van der Waals surface area (Å²) < 4.78 is 16.9. The highest BCUT2D eigenvalue weighted by atomic mass is 16.6. The lowest BCUT2D eigenvalue weighted by Gasteiger charge is -2.18. The summed E-state index contributed by atoms with van der Waals surface area (Å²) in [7, 11) is 0. The molecule has 0 aromatic rings. The summed E-state index contributed by atoms with van der Waals surface area (Å²) in [6.07, 6.45) is 92.8. The quantitative estimate of drug-likeness (QED) is 0.0261. The number of hydrogen-bond acceptors (Lipinski definition) is 6. The summed E-state index contributed by atoms with van der Waals surface area (Å²) in [5, 5.41) is 0. The predicted molar refractivity (Wildman–Crippen MR) is 339 cm³/mol. The van der Waals surface area contributed by atoms with Gasteiger partial charge in [-0.05, 0) is 122 Å². The Hall–Kier alpha value is -4.71. The summed E-state index contributed by atoms with van der Waals surface area (Å²) in [6, 6.07) is 0. The molecule has 0 amide bonds. The zero-order valence-electron chi connectivity index (χ0n) is 50.4. The van der Waals surface area contributed by atoms with Crippen LogP contribution in [0.4, 0.5) is 0 Å². The van der Waals surface area contributed by atoms with Gasteiger partial charge in [0.05, 0.1) is 0 Å². The van der Waals surface area contributed by atoms with Crippen molar-refractivity contribution >= 4 is 17.9 Å². The maximum atomic E-state index is 12.9. The van der Waals surface area contributed by atoms with E-state index < -0.39 is 6.10 Å². The van der Waals surface area contributed by atoms with Gasteiger partial charge in [0.15, 0.2) is 6.10 Å². The normalized spacial score (nSPS) is 13.1. The molecule has 0 saturated heterocycles. The second kappa shape index (κ2) is 64.8. The minimum atomic E-state index is -0.803. The van der Waals surface area contributed by atoms with Gasteiger partial charge in [-0.1, -0.05) is 276 Å². The van der Waals surface area contributed by atoms with Gasteiger partial charge in [0, 0.05) is 19.3 Å². The fourth-order valence-electron chi connectivity index (χ4n) is 8.39. The third-order valence-electron chi connectivity index (χ3n) is 13.1. The molecule has 1 atom stereocenters. The lowest BCUT2D eigenvalue weighted by molar-refractivity contribution is -0.167. The molecule has 0 aromatic carbocycles. The van der Waals surface area contributed by atoms with Crippen LogP contribution in [0.5, 0.6) is 0 Å². The van der Waals surface area contributed by atoms with E-state index in [4.69, 9.17) is 14.2 Å². The number of carbonyl (C=O) groups is 3. The van der Waals surface area contributed by atoms with Crippen LogP contribution < -0.4 is 0 Å². The molecule has 0 heterocycles. The topological polar surface area (TPSA) is 78.9 Å². The Kier molecular flexibility index (Phi) is 60.9. The van der Waals surface area contributed by atoms with Crippen molar-refractivity contribution in [2.24, 2.45) is 0 Å². The molecule has 0 N–H and O–H groups in total. The van der Waals surface area contributed by atoms with E-state index in [0.717, 1.165) is 128 Å². The van der Waals surface area contributed by atoms with Crippen LogP contribution >= 0.6 is 0 Å². The first-order chi connectivity index (χ1) is 38.5. The fourth-order valence-corrected chi connectivity index (χ4v) is 8.39. The van der Waals surface area contributed by atoms with Crippen LogP contribution in [0.1, 0.15) is 271 Å². The largest absolute Gasteiger partial charge is 0.462 e. The van der Waals surface area contributed by atoms with Crippen LogP contribution in [0, 0.1) is 0 Å². The molecule has 0 aromatic heterocycles. The Labute approximate surface area is 480 Å². The van der Waals surface area contributed by atoms with Crippen LogP contribution in [0.3, 0.4) is 0 Å². The van der Waals surface area contributed by atoms with Gasteiger partial charge in [-0.3, -0.25) is 14.4 Å². The molecule has 0 fully saturated rings. The van der Waals surface area contributed by atoms with Crippen molar-refractivity contribution in [3.05, 3.63) is 146 Å². The van der Waals surface area contributed by atoms with Crippen molar-refractivity contribution in [3.63, 3.8) is 0 Å². The van der Waals surface area contributed by atoms with Crippen molar-refractivity contribution in [1.29, 1.82) is 0 Å². The Bertz CT molecular complexity index is 1710.